The van der Waals surface area contributed by atoms with E-state index in [0.717, 1.165) is 26.9 Å². The maximum Gasteiger partial charge on any atom is 0.264 e. The van der Waals surface area contributed by atoms with Gasteiger partial charge in [0.15, 0.2) is 23.2 Å². The predicted molar refractivity (Wildman–Crippen MR) is 149 cm³/mol. The Bertz CT molecular complexity index is 1410. The third-order valence-electron chi connectivity index (χ3n) is 5.98. The summed E-state index contributed by atoms with van der Waals surface area (Å²) >= 11 is 1.45. The summed E-state index contributed by atoms with van der Waals surface area (Å²) in [5.41, 5.74) is 6.00. The summed E-state index contributed by atoms with van der Waals surface area (Å²) in [4.78, 5) is 17.1. The molecular formula is C29H30N2O5S. The number of carbonyl (C=O) groups is 1. The molecule has 4 aromatic rings. The SMILES string of the molecule is COc1cc(/C=C\c2ccc(C)c(OCC(=O)Nc3nc4cc(C)c(C)cc4s3)c2)cc(OC)c1OC. The Balaban J connectivity index is 1.44. The molecule has 0 aliphatic carbocycles. The Labute approximate surface area is 220 Å². The Morgan fingerprint density at radius 2 is 1.49 bits per heavy atom. The van der Waals surface area contributed by atoms with Crippen LogP contribution in [0.4, 0.5) is 5.13 Å². The van der Waals surface area contributed by atoms with E-state index in [0.29, 0.717) is 28.1 Å². The van der Waals surface area contributed by atoms with Crippen molar-refractivity contribution in [3.8, 4) is 23.0 Å². The van der Waals surface area contributed by atoms with E-state index in [1.54, 1.807) is 21.3 Å². The van der Waals surface area contributed by atoms with Crippen LogP contribution >= 0.6 is 11.3 Å². The van der Waals surface area contributed by atoms with Crippen molar-refractivity contribution in [1.29, 1.82) is 0 Å². The van der Waals surface area contributed by atoms with Gasteiger partial charge < -0.3 is 18.9 Å². The van der Waals surface area contributed by atoms with Gasteiger partial charge in [0.05, 0.1) is 31.5 Å². The highest BCUT2D eigenvalue weighted by Gasteiger charge is 2.13. The number of amides is 1. The fourth-order valence-corrected chi connectivity index (χ4v) is 4.76. The second-order valence-electron chi connectivity index (χ2n) is 8.58. The lowest BCUT2D eigenvalue weighted by Gasteiger charge is -2.13. The molecule has 7 nitrogen and oxygen atoms in total. The average Bonchev–Trinajstić information content (AvgIpc) is 3.27. The summed E-state index contributed by atoms with van der Waals surface area (Å²) < 4.78 is 23.1. The molecule has 8 heteroatoms. The van der Waals surface area contributed by atoms with E-state index in [9.17, 15) is 4.79 Å². The molecule has 3 aromatic carbocycles. The molecule has 1 heterocycles. The average molecular weight is 519 g/mol. The maximum atomic E-state index is 12.6. The minimum Gasteiger partial charge on any atom is -0.493 e. The monoisotopic (exact) mass is 518 g/mol. The van der Waals surface area contributed by atoms with Crippen molar-refractivity contribution in [3.05, 3.63) is 70.3 Å². The van der Waals surface area contributed by atoms with Crippen LogP contribution in [0.1, 0.15) is 27.8 Å². The molecule has 1 N–H and O–H groups in total. The van der Waals surface area contributed by atoms with Gasteiger partial charge in [-0.25, -0.2) is 4.98 Å². The third kappa shape index (κ3) is 6.03. The van der Waals surface area contributed by atoms with E-state index < -0.39 is 0 Å². The van der Waals surface area contributed by atoms with Crippen LogP contribution in [0.3, 0.4) is 0 Å². The van der Waals surface area contributed by atoms with E-state index in [1.807, 2.05) is 55.5 Å². The van der Waals surface area contributed by atoms with Gasteiger partial charge in [0, 0.05) is 0 Å². The van der Waals surface area contributed by atoms with Gasteiger partial charge in [0.25, 0.3) is 5.91 Å². The van der Waals surface area contributed by atoms with Crippen molar-refractivity contribution in [1.82, 2.24) is 4.98 Å². The number of benzene rings is 3. The smallest absolute Gasteiger partial charge is 0.264 e. The van der Waals surface area contributed by atoms with Crippen LogP contribution in [-0.2, 0) is 4.79 Å². The molecule has 1 aromatic heterocycles. The molecule has 0 aliphatic rings. The zero-order valence-electron chi connectivity index (χ0n) is 21.8. The van der Waals surface area contributed by atoms with Crippen molar-refractivity contribution in [2.75, 3.05) is 33.3 Å². The van der Waals surface area contributed by atoms with E-state index in [-0.39, 0.29) is 12.5 Å². The number of rotatable bonds is 9. The molecular weight excluding hydrogens is 488 g/mol. The molecule has 0 atom stereocenters. The first-order chi connectivity index (χ1) is 17.8. The summed E-state index contributed by atoms with van der Waals surface area (Å²) in [6.07, 6.45) is 3.90. The highest BCUT2D eigenvalue weighted by molar-refractivity contribution is 7.22. The van der Waals surface area contributed by atoms with Crippen molar-refractivity contribution in [3.63, 3.8) is 0 Å². The molecule has 0 unspecified atom stereocenters. The Morgan fingerprint density at radius 3 is 2.16 bits per heavy atom. The molecule has 0 bridgehead atoms. The molecule has 0 saturated carbocycles. The van der Waals surface area contributed by atoms with Crippen LogP contribution in [0.15, 0.2) is 42.5 Å². The first-order valence-electron chi connectivity index (χ1n) is 11.7. The van der Waals surface area contributed by atoms with E-state index in [4.69, 9.17) is 18.9 Å². The quantitative estimate of drug-likeness (QED) is 0.257. The fraction of sp³-hybridized carbons (Fsp3) is 0.241. The number of carbonyl (C=O) groups excluding carboxylic acids is 1. The second-order valence-corrected chi connectivity index (χ2v) is 9.61. The second kappa shape index (κ2) is 11.3. The number of hydrogen-bond acceptors (Lipinski definition) is 7. The summed E-state index contributed by atoms with van der Waals surface area (Å²) in [6.45, 7) is 5.94. The van der Waals surface area contributed by atoms with Gasteiger partial charge in [-0.1, -0.05) is 35.6 Å². The van der Waals surface area contributed by atoms with Gasteiger partial charge in [0.1, 0.15) is 5.75 Å². The normalized spacial score (nSPS) is 11.1. The van der Waals surface area contributed by atoms with Crippen molar-refractivity contribution in [2.45, 2.75) is 20.8 Å². The van der Waals surface area contributed by atoms with E-state index >= 15 is 0 Å². The third-order valence-corrected chi connectivity index (χ3v) is 6.91. The first kappa shape index (κ1) is 26.0. The lowest BCUT2D eigenvalue weighted by molar-refractivity contribution is -0.118. The Kier molecular flexibility index (Phi) is 7.98. The van der Waals surface area contributed by atoms with Gasteiger partial charge in [-0.15, -0.1) is 0 Å². The number of methoxy groups -OCH3 is 3. The molecule has 0 fully saturated rings. The molecule has 0 spiro atoms. The molecule has 0 aliphatic heterocycles. The minimum atomic E-state index is -0.259. The van der Waals surface area contributed by atoms with Crippen molar-refractivity contribution in [2.24, 2.45) is 0 Å². The Hall–Kier alpha value is -4.04. The Morgan fingerprint density at radius 1 is 0.838 bits per heavy atom. The van der Waals surface area contributed by atoms with Gasteiger partial charge in [-0.2, -0.15) is 0 Å². The number of aryl methyl sites for hydroxylation is 3. The van der Waals surface area contributed by atoms with E-state index in [1.165, 1.54) is 22.5 Å². The van der Waals surface area contributed by atoms with E-state index in [2.05, 4.69) is 30.2 Å². The summed E-state index contributed by atoms with van der Waals surface area (Å²) in [6, 6.07) is 13.7. The topological polar surface area (TPSA) is 78.9 Å². The fourth-order valence-electron chi connectivity index (χ4n) is 3.80. The molecule has 0 radical (unpaired) electrons. The zero-order valence-corrected chi connectivity index (χ0v) is 22.6. The number of aromatic nitrogens is 1. The van der Waals surface area contributed by atoms with Gasteiger partial charge in [-0.05, 0) is 78.9 Å². The highest BCUT2D eigenvalue weighted by Crippen LogP contribution is 2.38. The number of fused-ring (bicyclic) bond motifs is 1. The number of thiazole rings is 1. The molecule has 0 saturated heterocycles. The highest BCUT2D eigenvalue weighted by atomic mass is 32.1. The predicted octanol–water partition coefficient (Wildman–Crippen LogP) is 6.44. The van der Waals surface area contributed by atoms with Crippen LogP contribution in [0.5, 0.6) is 23.0 Å². The van der Waals surface area contributed by atoms with Crippen LogP contribution in [0, 0.1) is 20.8 Å². The molecule has 37 heavy (non-hydrogen) atoms. The number of anilines is 1. The standard InChI is InChI=1S/C29H30N2O5S/c1-17-7-8-20(9-10-21-14-24(33-4)28(35-6)25(15-21)34-5)13-23(17)36-16-27(32)31-29-30-22-11-18(2)19(3)12-26(22)37-29/h7-15H,16H2,1-6H3,(H,30,31,32)/b10-9-. The molecule has 4 rings (SSSR count). The van der Waals surface area contributed by atoms with Crippen molar-refractivity contribution < 1.29 is 23.7 Å². The summed E-state index contributed by atoms with van der Waals surface area (Å²) in [5, 5.41) is 3.41. The number of nitrogens with zero attached hydrogens (tertiary/aromatic N) is 1. The number of ether oxygens (including phenoxy) is 4. The number of nitrogens with one attached hydrogen (secondary N) is 1. The van der Waals surface area contributed by atoms with Crippen LogP contribution in [0.2, 0.25) is 0 Å². The first-order valence-corrected chi connectivity index (χ1v) is 12.5. The lowest BCUT2D eigenvalue weighted by Crippen LogP contribution is -2.20. The van der Waals surface area contributed by atoms with Gasteiger partial charge in [0.2, 0.25) is 5.75 Å². The zero-order chi connectivity index (χ0) is 26.5. The van der Waals surface area contributed by atoms with Crippen molar-refractivity contribution >= 4 is 44.7 Å². The summed E-state index contributed by atoms with van der Waals surface area (Å²) in [5.74, 6) is 2.09. The maximum absolute atomic E-state index is 12.6. The van der Waals surface area contributed by atoms with Gasteiger partial charge >= 0.3 is 0 Å². The minimum absolute atomic E-state index is 0.116. The van der Waals surface area contributed by atoms with Crippen LogP contribution < -0.4 is 24.3 Å². The van der Waals surface area contributed by atoms with Crippen LogP contribution in [0.25, 0.3) is 22.4 Å². The summed E-state index contributed by atoms with van der Waals surface area (Å²) in [7, 11) is 4.75. The number of hydrogen-bond donors (Lipinski definition) is 1. The van der Waals surface area contributed by atoms with Crippen LogP contribution in [-0.4, -0.2) is 38.8 Å². The van der Waals surface area contributed by atoms with Gasteiger partial charge in [-0.3, -0.25) is 10.1 Å². The molecule has 192 valence electrons. The lowest BCUT2D eigenvalue weighted by atomic mass is 10.1. The largest absolute Gasteiger partial charge is 0.493 e. The molecule has 1 amide bonds.